The molecule has 0 atom stereocenters. The van der Waals surface area contributed by atoms with Crippen molar-refractivity contribution in [1.29, 1.82) is 0 Å². The summed E-state index contributed by atoms with van der Waals surface area (Å²) in [5, 5.41) is 0. The first-order valence-electron chi connectivity index (χ1n) is 5.78. The Hall–Kier alpha value is 0.467. The molecule has 0 saturated carbocycles. The van der Waals surface area contributed by atoms with Gasteiger partial charge < -0.3 is 0 Å². The number of hydrogen-bond donors (Lipinski definition) is 0. The minimum absolute atomic E-state index is 1.60. The molecule has 0 aromatic heterocycles. The summed E-state index contributed by atoms with van der Waals surface area (Å²) in [4.78, 5) is 0. The molecule has 0 saturated heterocycles. The highest BCUT2D eigenvalue weighted by Crippen LogP contribution is 2.65. The molecular weight excluding hydrogens is 687 g/mol. The van der Waals surface area contributed by atoms with E-state index in [2.05, 4.69) is 0 Å². The lowest BCUT2D eigenvalue weighted by Crippen LogP contribution is -2.75. The number of halogens is 20. The van der Waals surface area contributed by atoms with Crippen LogP contribution in [0.1, 0.15) is 0 Å². The highest BCUT2D eigenvalue weighted by molar-refractivity contribution is 9.72. The van der Waals surface area contributed by atoms with Gasteiger partial charge in [-0.1, -0.05) is 45.9 Å². The maximum absolute atomic E-state index is 13.4. The lowest BCUT2D eigenvalue weighted by atomic mass is 9.91. The van der Waals surface area contributed by atoms with Crippen LogP contribution in [0.25, 0.3) is 0 Å². The first kappa shape index (κ1) is 29.5. The van der Waals surface area contributed by atoms with Gasteiger partial charge in [-0.15, -0.1) is 0 Å². The molecule has 0 unspecified atom stereocenters. The van der Waals surface area contributed by atoms with Gasteiger partial charge in [0.05, 0.1) is 0 Å². The Balaban J connectivity index is 6.82. The van der Waals surface area contributed by atoms with E-state index in [1.54, 1.807) is 45.9 Å². The van der Waals surface area contributed by atoms with Gasteiger partial charge in [-0.3, -0.25) is 0 Å². The van der Waals surface area contributed by atoms with Crippen LogP contribution in [-0.4, -0.2) is 51.2 Å². The highest BCUT2D eigenvalue weighted by Gasteiger charge is 2.96. The second-order valence-corrected chi connectivity index (χ2v) is 26.9. The van der Waals surface area contributed by atoms with E-state index in [1.807, 2.05) is 0 Å². The fourth-order valence-corrected chi connectivity index (χ4v) is 4.10. The molecule has 0 bridgehead atoms. The van der Waals surface area contributed by atoms with Gasteiger partial charge in [0.25, 0.3) is 0 Å². The van der Waals surface area contributed by atoms with Crippen LogP contribution in [0.4, 0.5) is 74.6 Å². The van der Waals surface area contributed by atoms with Crippen LogP contribution >= 0.6 is 45.9 Å². The third-order valence-corrected chi connectivity index (χ3v) is 8.59. The van der Waals surface area contributed by atoms with Crippen LogP contribution in [-0.2, 0) is 0 Å². The smallest absolute Gasteiger partial charge is 0.201 e. The van der Waals surface area contributed by atoms with Crippen LogP contribution in [0.2, 0.25) is 0 Å². The van der Waals surface area contributed by atoms with Crippen molar-refractivity contribution >= 4 is 49.8 Å². The molecule has 0 radical (unpaired) electrons. The maximum atomic E-state index is 13.4. The topological polar surface area (TPSA) is 0 Å². The van der Waals surface area contributed by atoms with Crippen LogP contribution in [0.3, 0.4) is 0 Å². The van der Waals surface area contributed by atoms with Crippen LogP contribution in [0.5, 0.6) is 0 Å². The molecule has 176 valence electrons. The van der Waals surface area contributed by atoms with E-state index in [1.165, 1.54) is 0 Å². The number of hydrogen-bond acceptors (Lipinski definition) is 0. The monoisotopic (exact) mass is 684 g/mol. The molecular formula is C8Br3F17Si. The van der Waals surface area contributed by atoms with Gasteiger partial charge in [-0.2, -0.15) is 65.9 Å². The van der Waals surface area contributed by atoms with Crippen molar-refractivity contribution in [3.63, 3.8) is 0 Å². The Morgan fingerprint density at radius 2 is 0.552 bits per heavy atom. The molecule has 21 heteroatoms. The molecule has 0 N–H and O–H groups in total. The zero-order valence-corrected chi connectivity index (χ0v) is 17.8. The van der Waals surface area contributed by atoms with Gasteiger partial charge in [-0.05, 0) is 0 Å². The number of rotatable bonds is 7. The standard InChI is InChI=1S/C8Br3F17Si/c9-29(10,11)8(27,28)6(22,23)4(18,19)2(14,15)1(12,13)3(16,17)5(20,21)7(24,25)26. The Morgan fingerprint density at radius 3 is 0.759 bits per heavy atom. The summed E-state index contributed by atoms with van der Waals surface area (Å²) in [5.41, 5.74) is -6.48. The summed E-state index contributed by atoms with van der Waals surface area (Å²) in [6.45, 7) is 0. The summed E-state index contributed by atoms with van der Waals surface area (Å²) in [5.74, 6) is -49.8. The molecule has 0 rings (SSSR count). The van der Waals surface area contributed by atoms with Crippen molar-refractivity contribution in [1.82, 2.24) is 0 Å². The molecule has 29 heavy (non-hydrogen) atoms. The van der Waals surface area contributed by atoms with Crippen LogP contribution in [0, 0.1) is 0 Å². The van der Waals surface area contributed by atoms with Gasteiger partial charge in [-0.25, -0.2) is 8.78 Å². The van der Waals surface area contributed by atoms with Crippen molar-refractivity contribution in [3.8, 4) is 0 Å². The third kappa shape index (κ3) is 3.80. The van der Waals surface area contributed by atoms with Gasteiger partial charge in [0.15, 0.2) is 0 Å². The summed E-state index contributed by atoms with van der Waals surface area (Å²) < 4.78 is 214. The van der Waals surface area contributed by atoms with E-state index in [0.29, 0.717) is 0 Å². The summed E-state index contributed by atoms with van der Waals surface area (Å²) in [7, 11) is 0. The predicted octanol–water partition coefficient (Wildman–Crippen LogP) is 7.66. The molecule has 0 amide bonds. The largest absolute Gasteiger partial charge is 0.460 e. The second-order valence-electron chi connectivity index (χ2n) is 5.02. The summed E-state index contributed by atoms with van der Waals surface area (Å²) in [6.07, 6.45) is -7.76. The Bertz CT molecular complexity index is 565. The Morgan fingerprint density at radius 1 is 0.345 bits per heavy atom. The second kappa shape index (κ2) is 7.24. The molecule has 0 aromatic carbocycles. The zero-order chi connectivity index (χ0) is 24.5. The van der Waals surface area contributed by atoms with Crippen LogP contribution < -0.4 is 0 Å². The van der Waals surface area contributed by atoms with Crippen molar-refractivity contribution in [3.05, 3.63) is 0 Å². The quantitative estimate of drug-likeness (QED) is 0.147. The van der Waals surface area contributed by atoms with Gasteiger partial charge in [0.1, 0.15) is 0 Å². The van der Waals surface area contributed by atoms with Crippen molar-refractivity contribution < 1.29 is 74.6 Å². The lowest BCUT2D eigenvalue weighted by Gasteiger charge is -2.43. The van der Waals surface area contributed by atoms with E-state index >= 15 is 0 Å². The normalized spacial score (nSPS) is 17.0. The highest BCUT2D eigenvalue weighted by atomic mass is 80.0. The SMILES string of the molecule is FC(F)(F)C(F)(F)C(F)(F)C(F)(F)C(F)(F)C(F)(F)C(F)(F)C(F)(F)[Si](Br)(Br)Br. The molecule has 0 aromatic rings. The average molecular weight is 687 g/mol. The van der Waals surface area contributed by atoms with E-state index in [9.17, 15) is 74.6 Å². The molecule has 0 nitrogen and oxygen atoms in total. The first-order valence-corrected chi connectivity index (χ1v) is 14.6. The molecule has 0 aliphatic heterocycles. The predicted molar refractivity (Wildman–Crippen MR) is 73.2 cm³/mol. The molecule has 0 spiro atoms. The van der Waals surface area contributed by atoms with E-state index in [-0.39, 0.29) is 0 Å². The maximum Gasteiger partial charge on any atom is 0.460 e. The minimum Gasteiger partial charge on any atom is -0.201 e. The van der Waals surface area contributed by atoms with Crippen molar-refractivity contribution in [2.75, 3.05) is 0 Å². The lowest BCUT2D eigenvalue weighted by molar-refractivity contribution is -0.458. The van der Waals surface area contributed by atoms with Crippen molar-refractivity contribution in [2.45, 2.75) is 47.3 Å². The fraction of sp³-hybridized carbons (Fsp3) is 1.00. The van der Waals surface area contributed by atoms with Crippen molar-refractivity contribution in [2.24, 2.45) is 0 Å². The average Bonchev–Trinajstić information content (AvgIpc) is 2.43. The third-order valence-electron chi connectivity index (χ3n) is 3.08. The molecule has 0 fully saturated rings. The van der Waals surface area contributed by atoms with Crippen LogP contribution in [0.15, 0.2) is 0 Å². The molecule has 0 aliphatic rings. The van der Waals surface area contributed by atoms with Gasteiger partial charge >= 0.3 is 51.2 Å². The number of alkyl halides is 17. The first-order chi connectivity index (χ1) is 12.0. The summed E-state index contributed by atoms with van der Waals surface area (Å²) >= 11 is 4.81. The minimum atomic E-state index is -8.61. The van der Waals surface area contributed by atoms with E-state index < -0.39 is 51.2 Å². The Labute approximate surface area is 171 Å². The fourth-order valence-electron chi connectivity index (χ4n) is 1.34. The zero-order valence-electron chi connectivity index (χ0n) is 12.1. The Kier molecular flexibility index (Phi) is 7.36. The molecule has 0 heterocycles. The summed E-state index contributed by atoms with van der Waals surface area (Å²) in [6, 6.07) is 0. The molecule has 0 aliphatic carbocycles. The van der Waals surface area contributed by atoms with Gasteiger partial charge in [0, 0.05) is 0 Å². The van der Waals surface area contributed by atoms with Gasteiger partial charge in [0.2, 0.25) is 0 Å². The van der Waals surface area contributed by atoms with E-state index in [4.69, 9.17) is 0 Å². The van der Waals surface area contributed by atoms with E-state index in [0.717, 1.165) is 0 Å².